The molecule has 1 aliphatic rings. The molecule has 0 fully saturated rings. The lowest BCUT2D eigenvalue weighted by Gasteiger charge is -2.32. The summed E-state index contributed by atoms with van der Waals surface area (Å²) in [5.74, 6) is -1.86. The van der Waals surface area contributed by atoms with E-state index in [9.17, 15) is 19.5 Å². The second-order valence-corrected chi connectivity index (χ2v) is 8.00. The number of rotatable bonds is 10. The number of esters is 1. The number of carbonyl (C=O) groups is 3. The fourth-order valence-electron chi connectivity index (χ4n) is 4.27. The number of nitrogens with one attached hydrogen (secondary N) is 1. The zero-order valence-corrected chi connectivity index (χ0v) is 18.5. The van der Waals surface area contributed by atoms with Crippen LogP contribution in [-0.2, 0) is 32.0 Å². The average Bonchev–Trinajstić information content (AvgIpc) is 3.21. The molecule has 0 saturated carbocycles. The molecule has 170 valence electrons. The summed E-state index contributed by atoms with van der Waals surface area (Å²) in [6, 6.07) is 15.5. The van der Waals surface area contributed by atoms with Crippen molar-refractivity contribution in [3.63, 3.8) is 0 Å². The Morgan fingerprint density at radius 2 is 1.81 bits per heavy atom. The van der Waals surface area contributed by atoms with Crippen LogP contribution in [0.15, 0.2) is 54.6 Å². The summed E-state index contributed by atoms with van der Waals surface area (Å²) in [5.41, 5.74) is 3.06. The van der Waals surface area contributed by atoms with Crippen LogP contribution >= 0.6 is 0 Å². The Labute approximate surface area is 188 Å². The van der Waals surface area contributed by atoms with Crippen LogP contribution in [0.4, 0.5) is 0 Å². The first-order valence-corrected chi connectivity index (χ1v) is 11.0. The van der Waals surface area contributed by atoms with Gasteiger partial charge in [0.2, 0.25) is 5.91 Å². The quantitative estimate of drug-likeness (QED) is 0.554. The van der Waals surface area contributed by atoms with E-state index in [1.165, 1.54) is 4.90 Å². The highest BCUT2D eigenvalue weighted by atomic mass is 16.5. The number of aryl methyl sites for hydroxylation is 1. The van der Waals surface area contributed by atoms with E-state index in [1.807, 2.05) is 54.6 Å². The molecule has 0 spiro atoms. The van der Waals surface area contributed by atoms with E-state index < -0.39 is 30.6 Å². The lowest BCUT2D eigenvalue weighted by molar-refractivity contribution is -0.149. The first-order valence-electron chi connectivity index (χ1n) is 11.0. The first kappa shape index (κ1) is 23.5. The number of carbonyl (C=O) groups excluding carboxylic acids is 2. The van der Waals surface area contributed by atoms with Gasteiger partial charge in [-0.05, 0) is 49.8 Å². The topological polar surface area (TPSA) is 95.9 Å². The molecule has 3 rings (SSSR count). The van der Waals surface area contributed by atoms with Gasteiger partial charge < -0.3 is 14.7 Å². The molecule has 7 heteroatoms. The third-order valence-electron chi connectivity index (χ3n) is 5.74. The maximum absolute atomic E-state index is 13.4. The second-order valence-electron chi connectivity index (χ2n) is 8.00. The van der Waals surface area contributed by atoms with Crippen LogP contribution in [0, 0.1) is 0 Å². The Kier molecular flexibility index (Phi) is 8.00. The lowest BCUT2D eigenvalue weighted by atomic mass is 10.0. The molecule has 32 heavy (non-hydrogen) atoms. The van der Waals surface area contributed by atoms with Crippen LogP contribution in [0.3, 0.4) is 0 Å². The van der Waals surface area contributed by atoms with Gasteiger partial charge >= 0.3 is 11.9 Å². The molecule has 0 bridgehead atoms. The van der Waals surface area contributed by atoms with E-state index in [4.69, 9.17) is 4.74 Å². The van der Waals surface area contributed by atoms with Crippen molar-refractivity contribution in [2.75, 3.05) is 13.2 Å². The molecule has 0 radical (unpaired) electrons. The van der Waals surface area contributed by atoms with Crippen LogP contribution in [0.5, 0.6) is 0 Å². The van der Waals surface area contributed by atoms with Crippen molar-refractivity contribution in [2.24, 2.45) is 0 Å². The van der Waals surface area contributed by atoms with Gasteiger partial charge in [-0.25, -0.2) is 0 Å². The fraction of sp³-hybridized carbons (Fsp3) is 0.400. The highest BCUT2D eigenvalue weighted by Gasteiger charge is 2.35. The summed E-state index contributed by atoms with van der Waals surface area (Å²) < 4.78 is 5.21. The summed E-state index contributed by atoms with van der Waals surface area (Å²) in [5, 5.41) is 12.6. The maximum Gasteiger partial charge on any atom is 0.323 e. The van der Waals surface area contributed by atoms with Crippen LogP contribution < -0.4 is 5.32 Å². The Morgan fingerprint density at radius 3 is 2.50 bits per heavy atom. The van der Waals surface area contributed by atoms with Crippen molar-refractivity contribution >= 4 is 17.8 Å². The minimum Gasteiger partial charge on any atom is -0.480 e. The number of carboxylic acids is 1. The monoisotopic (exact) mass is 438 g/mol. The van der Waals surface area contributed by atoms with E-state index in [-0.39, 0.29) is 18.6 Å². The van der Waals surface area contributed by atoms with Gasteiger partial charge in [0.05, 0.1) is 18.7 Å². The Balaban J connectivity index is 1.78. The van der Waals surface area contributed by atoms with E-state index in [0.29, 0.717) is 12.8 Å². The number of hydrogen-bond acceptors (Lipinski definition) is 5. The number of carboxylic acid groups (broad SMARTS) is 1. The third kappa shape index (κ3) is 5.73. The van der Waals surface area contributed by atoms with Gasteiger partial charge in [0, 0.05) is 0 Å². The Bertz CT molecular complexity index is 946. The van der Waals surface area contributed by atoms with Crippen LogP contribution in [0.25, 0.3) is 0 Å². The van der Waals surface area contributed by atoms with Crippen LogP contribution in [0.2, 0.25) is 0 Å². The van der Waals surface area contributed by atoms with Crippen LogP contribution in [-0.4, -0.2) is 53.1 Å². The number of fused-ring (bicyclic) bond motifs is 1. The minimum atomic E-state index is -1.07. The molecule has 1 aliphatic carbocycles. The summed E-state index contributed by atoms with van der Waals surface area (Å²) in [6.45, 7) is 3.23. The molecule has 0 saturated heterocycles. The van der Waals surface area contributed by atoms with E-state index in [1.54, 1.807) is 13.8 Å². The highest BCUT2D eigenvalue weighted by Crippen LogP contribution is 2.35. The maximum atomic E-state index is 13.4. The second kappa shape index (κ2) is 10.9. The lowest BCUT2D eigenvalue weighted by Crippen LogP contribution is -2.53. The van der Waals surface area contributed by atoms with Crippen molar-refractivity contribution in [1.82, 2.24) is 10.2 Å². The van der Waals surface area contributed by atoms with Gasteiger partial charge in [0.15, 0.2) is 0 Å². The summed E-state index contributed by atoms with van der Waals surface area (Å²) in [4.78, 5) is 38.9. The Morgan fingerprint density at radius 1 is 1.12 bits per heavy atom. The largest absolute Gasteiger partial charge is 0.480 e. The van der Waals surface area contributed by atoms with Crippen LogP contribution in [0.1, 0.15) is 43.0 Å². The molecule has 2 aromatic carbocycles. The van der Waals surface area contributed by atoms with Crippen molar-refractivity contribution < 1.29 is 24.2 Å². The van der Waals surface area contributed by atoms with E-state index in [2.05, 4.69) is 5.32 Å². The predicted octanol–water partition coefficient (Wildman–Crippen LogP) is 2.74. The van der Waals surface area contributed by atoms with Gasteiger partial charge in [-0.3, -0.25) is 19.7 Å². The van der Waals surface area contributed by atoms with Gasteiger partial charge in [-0.1, -0.05) is 54.6 Å². The summed E-state index contributed by atoms with van der Waals surface area (Å²) in [6.07, 6.45) is 1.84. The van der Waals surface area contributed by atoms with Crippen molar-refractivity contribution in [3.8, 4) is 0 Å². The molecule has 0 heterocycles. The third-order valence-corrected chi connectivity index (χ3v) is 5.74. The molecule has 0 aliphatic heterocycles. The molecule has 2 N–H and O–H groups in total. The average molecular weight is 439 g/mol. The molecular weight excluding hydrogens is 408 g/mol. The molecule has 0 aromatic heterocycles. The number of amides is 1. The molecule has 3 atom stereocenters. The molecular formula is C25H30N2O5. The zero-order valence-electron chi connectivity index (χ0n) is 18.5. The summed E-state index contributed by atoms with van der Waals surface area (Å²) in [7, 11) is 0. The van der Waals surface area contributed by atoms with E-state index in [0.717, 1.165) is 23.1 Å². The molecule has 2 aromatic rings. The van der Waals surface area contributed by atoms with Crippen molar-refractivity contribution in [1.29, 1.82) is 0 Å². The van der Waals surface area contributed by atoms with Crippen molar-refractivity contribution in [3.05, 3.63) is 71.3 Å². The van der Waals surface area contributed by atoms with E-state index >= 15 is 0 Å². The number of ether oxygens (including phenoxy) is 1. The Hall–Kier alpha value is -3.19. The highest BCUT2D eigenvalue weighted by molar-refractivity contribution is 5.86. The number of benzene rings is 2. The molecule has 3 unspecified atom stereocenters. The number of nitrogens with zero attached hydrogens (tertiary/aromatic N) is 1. The standard InChI is InChI=1S/C25H30N2O5/c1-3-32-25(31)21(15-18-9-5-4-6-10-18)26-17(2)24(30)27(16-23(28)29)22-14-13-19-11-7-8-12-20(19)22/h4-12,17,21-22,26H,3,13-16H2,1-2H3,(H,28,29). The normalized spacial score (nSPS) is 16.6. The zero-order chi connectivity index (χ0) is 23.1. The van der Waals surface area contributed by atoms with Gasteiger partial charge in [-0.2, -0.15) is 0 Å². The minimum absolute atomic E-state index is 0.234. The van der Waals surface area contributed by atoms with Gasteiger partial charge in [0.25, 0.3) is 0 Å². The molecule has 1 amide bonds. The van der Waals surface area contributed by atoms with Crippen molar-refractivity contribution in [2.45, 2.75) is 51.2 Å². The number of aliphatic carboxylic acids is 1. The summed E-state index contributed by atoms with van der Waals surface area (Å²) >= 11 is 0. The first-order chi connectivity index (χ1) is 15.4. The smallest absolute Gasteiger partial charge is 0.323 e. The predicted molar refractivity (Wildman–Crippen MR) is 120 cm³/mol. The number of hydrogen-bond donors (Lipinski definition) is 2. The van der Waals surface area contributed by atoms with Gasteiger partial charge in [-0.15, -0.1) is 0 Å². The SMILES string of the molecule is CCOC(=O)C(Cc1ccccc1)NC(C)C(=O)N(CC(=O)O)C1CCc2ccccc21. The molecule has 7 nitrogen and oxygen atoms in total. The van der Waals surface area contributed by atoms with Gasteiger partial charge in [0.1, 0.15) is 12.6 Å². The fourth-order valence-corrected chi connectivity index (χ4v) is 4.27.